The summed E-state index contributed by atoms with van der Waals surface area (Å²) in [6, 6.07) is 0. The molecular formula is C42H88O2. The number of aliphatic hydroxyl groups excluding tert-OH is 2. The highest BCUT2D eigenvalue weighted by atomic mass is 16.3. The van der Waals surface area contributed by atoms with Gasteiger partial charge in [-0.15, -0.1) is 0 Å². The Morgan fingerprint density at radius 3 is 0.409 bits per heavy atom. The van der Waals surface area contributed by atoms with Crippen LogP contribution in [0.1, 0.15) is 258 Å². The maximum atomic E-state index is 8.71. The van der Waals surface area contributed by atoms with Gasteiger partial charge in [-0.25, -0.2) is 0 Å². The lowest BCUT2D eigenvalue weighted by Crippen LogP contribution is -1.85. The molecule has 0 aliphatic heterocycles. The highest BCUT2D eigenvalue weighted by Gasteiger charge is 1.96. The number of hydrogen-bond acceptors (Lipinski definition) is 2. The quantitative estimate of drug-likeness (QED) is 0.0671. The standard InChI is InChI=1S/C22H46O.C20H42O/c1-2-3-4-5-6-7-8-9-10-11-12-13-14-15-16-17-18-19-20-21-22-23;1-2-3-4-5-6-7-8-9-10-11-12-13-14-15-16-17-18-19-20-21/h23H,2-22H2,1H3;21H,2-20H2,1H3. The monoisotopic (exact) mass is 625 g/mol. The van der Waals surface area contributed by atoms with Crippen LogP contribution >= 0.6 is 0 Å². The van der Waals surface area contributed by atoms with E-state index in [-0.39, 0.29) is 0 Å². The summed E-state index contributed by atoms with van der Waals surface area (Å²) in [5.41, 5.74) is 0. The normalized spacial score (nSPS) is 11.2. The van der Waals surface area contributed by atoms with Gasteiger partial charge in [0, 0.05) is 13.2 Å². The molecule has 0 aromatic rings. The highest BCUT2D eigenvalue weighted by molar-refractivity contribution is 4.52. The van der Waals surface area contributed by atoms with Gasteiger partial charge in [-0.2, -0.15) is 0 Å². The zero-order valence-corrected chi connectivity index (χ0v) is 31.2. The van der Waals surface area contributed by atoms with Crippen LogP contribution in [0, 0.1) is 0 Å². The van der Waals surface area contributed by atoms with Gasteiger partial charge in [0.1, 0.15) is 0 Å². The van der Waals surface area contributed by atoms with Crippen molar-refractivity contribution in [1.82, 2.24) is 0 Å². The Morgan fingerprint density at radius 1 is 0.182 bits per heavy atom. The molecule has 0 heterocycles. The summed E-state index contributed by atoms with van der Waals surface area (Å²) in [6.45, 7) is 5.33. The van der Waals surface area contributed by atoms with E-state index in [0.29, 0.717) is 13.2 Å². The van der Waals surface area contributed by atoms with E-state index in [4.69, 9.17) is 10.2 Å². The van der Waals surface area contributed by atoms with E-state index in [0.717, 1.165) is 12.8 Å². The fourth-order valence-electron chi connectivity index (χ4n) is 6.38. The van der Waals surface area contributed by atoms with E-state index < -0.39 is 0 Å². The Bertz CT molecular complexity index is 399. The van der Waals surface area contributed by atoms with Gasteiger partial charge in [0.2, 0.25) is 0 Å². The molecule has 2 nitrogen and oxygen atoms in total. The second-order valence-electron chi connectivity index (χ2n) is 14.2. The molecule has 2 heteroatoms. The van der Waals surface area contributed by atoms with Gasteiger partial charge >= 0.3 is 0 Å². The fraction of sp³-hybridized carbons (Fsp3) is 1.00. The third-order valence-corrected chi connectivity index (χ3v) is 9.52. The lowest BCUT2D eigenvalue weighted by Gasteiger charge is -2.03. The van der Waals surface area contributed by atoms with Crippen LogP contribution in [0.15, 0.2) is 0 Å². The predicted octanol–water partition coefficient (Wildman–Crippen LogP) is 14.8. The molecule has 0 saturated carbocycles. The van der Waals surface area contributed by atoms with Gasteiger partial charge in [-0.05, 0) is 12.8 Å². The van der Waals surface area contributed by atoms with Crippen LogP contribution in [0.4, 0.5) is 0 Å². The van der Waals surface area contributed by atoms with E-state index in [2.05, 4.69) is 13.8 Å². The smallest absolute Gasteiger partial charge is 0.0431 e. The molecule has 0 atom stereocenters. The van der Waals surface area contributed by atoms with Crippen molar-refractivity contribution in [2.75, 3.05) is 13.2 Å². The Balaban J connectivity index is 0. The minimum atomic E-state index is 0.374. The summed E-state index contributed by atoms with van der Waals surface area (Å²) in [5.74, 6) is 0. The van der Waals surface area contributed by atoms with Crippen LogP contribution in [0.5, 0.6) is 0 Å². The molecule has 0 bridgehead atoms. The molecule has 2 N–H and O–H groups in total. The number of unbranched alkanes of at least 4 members (excludes halogenated alkanes) is 36. The van der Waals surface area contributed by atoms with Crippen LogP contribution in [-0.2, 0) is 0 Å². The minimum Gasteiger partial charge on any atom is -0.396 e. The average Bonchev–Trinajstić information content (AvgIpc) is 3.04. The molecular weight excluding hydrogens is 536 g/mol. The molecule has 0 aliphatic carbocycles. The minimum absolute atomic E-state index is 0.374. The topological polar surface area (TPSA) is 40.5 Å². The second-order valence-corrected chi connectivity index (χ2v) is 14.2. The molecule has 0 rings (SSSR count). The molecule has 0 aromatic carbocycles. The van der Waals surface area contributed by atoms with Crippen LogP contribution in [0.2, 0.25) is 0 Å². The molecule has 0 amide bonds. The van der Waals surface area contributed by atoms with Crippen molar-refractivity contribution in [3.05, 3.63) is 0 Å². The van der Waals surface area contributed by atoms with Crippen molar-refractivity contribution in [1.29, 1.82) is 0 Å². The summed E-state index contributed by atoms with van der Waals surface area (Å²) in [6.07, 6.45) is 53.3. The Morgan fingerprint density at radius 2 is 0.295 bits per heavy atom. The molecule has 0 radical (unpaired) electrons. The maximum Gasteiger partial charge on any atom is 0.0431 e. The van der Waals surface area contributed by atoms with Crippen molar-refractivity contribution in [2.45, 2.75) is 258 Å². The van der Waals surface area contributed by atoms with Gasteiger partial charge in [0.15, 0.2) is 0 Å². The molecule has 0 aromatic heterocycles. The van der Waals surface area contributed by atoms with Crippen LogP contribution < -0.4 is 0 Å². The fourth-order valence-corrected chi connectivity index (χ4v) is 6.38. The SMILES string of the molecule is CCCCCCCCCCCCCCCCCCCCCCO.CCCCCCCCCCCCCCCCCCCCO. The maximum absolute atomic E-state index is 8.71. The third kappa shape index (κ3) is 48.8. The number of aliphatic hydroxyl groups is 2. The summed E-state index contributed by atoms with van der Waals surface area (Å²) in [4.78, 5) is 0. The second kappa shape index (κ2) is 47.3. The summed E-state index contributed by atoms with van der Waals surface area (Å²) >= 11 is 0. The third-order valence-electron chi connectivity index (χ3n) is 9.52. The number of rotatable bonds is 38. The molecule has 44 heavy (non-hydrogen) atoms. The van der Waals surface area contributed by atoms with E-state index in [1.807, 2.05) is 0 Å². The van der Waals surface area contributed by atoms with Crippen molar-refractivity contribution in [3.63, 3.8) is 0 Å². The van der Waals surface area contributed by atoms with E-state index in [9.17, 15) is 0 Å². The zero-order chi connectivity index (χ0) is 32.3. The first kappa shape index (κ1) is 46.0. The molecule has 0 aliphatic rings. The van der Waals surface area contributed by atoms with Crippen molar-refractivity contribution in [3.8, 4) is 0 Å². The first-order valence-corrected chi connectivity index (χ1v) is 21.0. The van der Waals surface area contributed by atoms with E-state index >= 15 is 0 Å². The largest absolute Gasteiger partial charge is 0.396 e. The molecule has 0 unspecified atom stereocenters. The summed E-state index contributed by atoms with van der Waals surface area (Å²) in [5, 5.41) is 17.4. The molecule has 0 fully saturated rings. The summed E-state index contributed by atoms with van der Waals surface area (Å²) < 4.78 is 0. The Labute approximate surface area is 280 Å². The van der Waals surface area contributed by atoms with Crippen molar-refractivity contribution >= 4 is 0 Å². The Hall–Kier alpha value is -0.0800. The van der Waals surface area contributed by atoms with E-state index in [1.165, 1.54) is 231 Å². The average molecular weight is 625 g/mol. The molecule has 0 saturated heterocycles. The Kier molecular flexibility index (Phi) is 49.5. The van der Waals surface area contributed by atoms with Crippen LogP contribution in [-0.4, -0.2) is 23.4 Å². The van der Waals surface area contributed by atoms with Crippen molar-refractivity contribution in [2.24, 2.45) is 0 Å². The van der Waals surface area contributed by atoms with Crippen LogP contribution in [0.25, 0.3) is 0 Å². The lowest BCUT2D eigenvalue weighted by atomic mass is 10.0. The van der Waals surface area contributed by atoms with Gasteiger partial charge in [0.25, 0.3) is 0 Å². The zero-order valence-electron chi connectivity index (χ0n) is 31.2. The van der Waals surface area contributed by atoms with Gasteiger partial charge in [-0.1, -0.05) is 245 Å². The van der Waals surface area contributed by atoms with E-state index in [1.54, 1.807) is 0 Å². The molecule has 0 spiro atoms. The highest BCUT2D eigenvalue weighted by Crippen LogP contribution is 2.16. The number of hydrogen-bond donors (Lipinski definition) is 2. The summed E-state index contributed by atoms with van der Waals surface area (Å²) in [7, 11) is 0. The van der Waals surface area contributed by atoms with Crippen molar-refractivity contribution < 1.29 is 10.2 Å². The first-order valence-electron chi connectivity index (χ1n) is 21.0. The predicted molar refractivity (Wildman–Crippen MR) is 201 cm³/mol. The van der Waals surface area contributed by atoms with Gasteiger partial charge in [0.05, 0.1) is 0 Å². The first-order chi connectivity index (χ1) is 21.8. The van der Waals surface area contributed by atoms with Crippen LogP contribution in [0.3, 0.4) is 0 Å². The molecule has 268 valence electrons. The van der Waals surface area contributed by atoms with Gasteiger partial charge in [-0.3, -0.25) is 0 Å². The van der Waals surface area contributed by atoms with Gasteiger partial charge < -0.3 is 10.2 Å². The lowest BCUT2D eigenvalue weighted by molar-refractivity contribution is 0.282.